The van der Waals surface area contributed by atoms with Crippen molar-refractivity contribution in [2.24, 2.45) is 0 Å². The number of rotatable bonds is 8. The largest absolute Gasteiger partial charge is 0.573 e. The molecule has 0 aliphatic heterocycles. The zero-order valence-electron chi connectivity index (χ0n) is 16.8. The number of hydrogen-bond donors (Lipinski definition) is 2. The van der Waals surface area contributed by atoms with E-state index in [1.165, 1.54) is 23.7 Å². The van der Waals surface area contributed by atoms with Crippen LogP contribution in [-0.2, 0) is 11.5 Å². The molecule has 2 heterocycles. The van der Waals surface area contributed by atoms with Gasteiger partial charge in [0.1, 0.15) is 0 Å². The van der Waals surface area contributed by atoms with Crippen LogP contribution in [0.25, 0.3) is 11.3 Å². The second kappa shape index (κ2) is 9.81. The standard InChI is InChI=1S/C19H19F3N6O2S/c1-4-28(3)31(29)27-17-12(20)10-14(15(21)16(17)22)30-18-11(6-5-8-24-18)13-7-9-25-19(23-2)26-13/h5-10,27H,4H2,1-3H3,(H,23,25,26). The molecular weight excluding hydrogens is 433 g/mol. The molecule has 0 saturated carbocycles. The van der Waals surface area contributed by atoms with Crippen LogP contribution >= 0.6 is 0 Å². The number of halogens is 3. The average molecular weight is 452 g/mol. The SMILES string of the molecule is CCN(C)[S+]([O-])Nc1c(F)cc(Oc2ncccc2-c2ccnc(NC)n2)c(F)c1F. The van der Waals surface area contributed by atoms with Crippen molar-refractivity contribution in [2.45, 2.75) is 6.92 Å². The van der Waals surface area contributed by atoms with Crippen molar-refractivity contribution in [2.75, 3.05) is 30.7 Å². The van der Waals surface area contributed by atoms with E-state index in [1.807, 2.05) is 0 Å². The highest BCUT2D eigenvalue weighted by Crippen LogP contribution is 2.35. The van der Waals surface area contributed by atoms with Gasteiger partial charge < -0.3 is 14.6 Å². The Kier molecular flexibility index (Phi) is 7.15. The third-order valence-electron chi connectivity index (χ3n) is 4.18. The fourth-order valence-electron chi connectivity index (χ4n) is 2.42. The molecule has 3 rings (SSSR count). The van der Waals surface area contributed by atoms with Crippen molar-refractivity contribution in [3.8, 4) is 22.9 Å². The minimum Gasteiger partial charge on any atom is -0.573 e. The molecule has 0 aliphatic rings. The second-order valence-electron chi connectivity index (χ2n) is 6.13. The predicted molar refractivity (Wildman–Crippen MR) is 111 cm³/mol. The Bertz CT molecular complexity index is 1070. The molecule has 0 aliphatic carbocycles. The first-order valence-electron chi connectivity index (χ1n) is 9.06. The molecular formula is C19H19F3N6O2S. The van der Waals surface area contributed by atoms with Crippen LogP contribution in [-0.4, -0.2) is 44.5 Å². The lowest BCUT2D eigenvalue weighted by molar-refractivity contribution is 0.401. The van der Waals surface area contributed by atoms with E-state index in [4.69, 9.17) is 4.74 Å². The first-order valence-corrected chi connectivity index (χ1v) is 10.2. The summed E-state index contributed by atoms with van der Waals surface area (Å²) in [6.07, 6.45) is 2.88. The highest BCUT2D eigenvalue weighted by atomic mass is 32.2. The van der Waals surface area contributed by atoms with Crippen molar-refractivity contribution in [3.63, 3.8) is 0 Å². The molecule has 0 saturated heterocycles. The van der Waals surface area contributed by atoms with Crippen molar-refractivity contribution in [1.29, 1.82) is 0 Å². The van der Waals surface area contributed by atoms with Crippen LogP contribution in [0.4, 0.5) is 24.8 Å². The Balaban J connectivity index is 1.95. The number of nitrogens with zero attached hydrogens (tertiary/aromatic N) is 4. The van der Waals surface area contributed by atoms with E-state index >= 15 is 0 Å². The summed E-state index contributed by atoms with van der Waals surface area (Å²) in [6, 6.07) is 5.44. The third-order valence-corrected chi connectivity index (χ3v) is 5.38. The van der Waals surface area contributed by atoms with E-state index in [2.05, 4.69) is 25.0 Å². The first kappa shape index (κ1) is 22.6. The van der Waals surface area contributed by atoms with Crippen LogP contribution < -0.4 is 14.8 Å². The lowest BCUT2D eigenvalue weighted by atomic mass is 10.2. The minimum absolute atomic E-state index is 0.115. The van der Waals surface area contributed by atoms with Gasteiger partial charge in [-0.2, -0.15) is 9.11 Å². The van der Waals surface area contributed by atoms with Crippen molar-refractivity contribution >= 4 is 23.2 Å². The topological polar surface area (TPSA) is 98.3 Å². The number of pyridine rings is 1. The fraction of sp³-hybridized carbons (Fsp3) is 0.211. The number of benzene rings is 1. The molecule has 31 heavy (non-hydrogen) atoms. The molecule has 164 valence electrons. The maximum atomic E-state index is 14.6. The predicted octanol–water partition coefficient (Wildman–Crippen LogP) is 3.73. The molecule has 1 unspecified atom stereocenters. The summed E-state index contributed by atoms with van der Waals surface area (Å²) in [5.41, 5.74) is -0.103. The van der Waals surface area contributed by atoms with Crippen molar-refractivity contribution in [3.05, 3.63) is 54.1 Å². The van der Waals surface area contributed by atoms with Crippen LogP contribution in [0, 0.1) is 17.5 Å². The molecule has 0 spiro atoms. The van der Waals surface area contributed by atoms with Gasteiger partial charge in [0.05, 0.1) is 11.3 Å². The number of anilines is 2. The summed E-state index contributed by atoms with van der Waals surface area (Å²) in [7, 11) is 3.11. The van der Waals surface area contributed by atoms with Gasteiger partial charge in [-0.3, -0.25) is 0 Å². The van der Waals surface area contributed by atoms with Crippen molar-refractivity contribution < 1.29 is 22.5 Å². The average Bonchev–Trinajstić information content (AvgIpc) is 2.79. The Morgan fingerprint density at radius 3 is 2.65 bits per heavy atom. The third kappa shape index (κ3) is 4.98. The molecule has 0 amide bonds. The van der Waals surface area contributed by atoms with Gasteiger partial charge >= 0.3 is 0 Å². The Hall–Kier alpha value is -3.09. The van der Waals surface area contributed by atoms with E-state index in [9.17, 15) is 17.7 Å². The van der Waals surface area contributed by atoms with Gasteiger partial charge in [-0.15, -0.1) is 4.31 Å². The van der Waals surface area contributed by atoms with E-state index in [1.54, 1.807) is 32.2 Å². The zero-order valence-corrected chi connectivity index (χ0v) is 17.6. The van der Waals surface area contributed by atoms with Crippen LogP contribution in [0.2, 0.25) is 0 Å². The van der Waals surface area contributed by atoms with Crippen LogP contribution in [0.1, 0.15) is 6.92 Å². The highest BCUT2D eigenvalue weighted by molar-refractivity contribution is 7.90. The molecule has 12 heteroatoms. The van der Waals surface area contributed by atoms with Gasteiger partial charge in [0.2, 0.25) is 17.6 Å². The number of ether oxygens (including phenoxy) is 1. The van der Waals surface area contributed by atoms with E-state index < -0.39 is 40.4 Å². The molecule has 1 atom stereocenters. The van der Waals surface area contributed by atoms with Gasteiger partial charge in [0.25, 0.3) is 0 Å². The van der Waals surface area contributed by atoms with Gasteiger partial charge in [0.15, 0.2) is 34.6 Å². The van der Waals surface area contributed by atoms with Gasteiger partial charge in [0, 0.05) is 39.1 Å². The lowest BCUT2D eigenvalue weighted by Crippen LogP contribution is -2.33. The summed E-state index contributed by atoms with van der Waals surface area (Å²) in [4.78, 5) is 12.3. The number of hydrogen-bond acceptors (Lipinski definition) is 8. The first-order chi connectivity index (χ1) is 14.8. The maximum absolute atomic E-state index is 14.6. The van der Waals surface area contributed by atoms with Gasteiger partial charge in [-0.1, -0.05) is 0 Å². The molecule has 2 aromatic heterocycles. The Labute approximate surface area is 179 Å². The zero-order chi connectivity index (χ0) is 22.5. The minimum atomic E-state index is -1.96. The van der Waals surface area contributed by atoms with Crippen LogP contribution in [0.3, 0.4) is 0 Å². The van der Waals surface area contributed by atoms with E-state index in [0.29, 0.717) is 29.8 Å². The smallest absolute Gasteiger partial charge is 0.228 e. The molecule has 1 aromatic carbocycles. The summed E-state index contributed by atoms with van der Waals surface area (Å²) >= 11 is -1.96. The van der Waals surface area contributed by atoms with Gasteiger partial charge in [-0.05, 0) is 25.1 Å². The molecule has 0 fully saturated rings. The normalized spacial score (nSPS) is 12.0. The summed E-state index contributed by atoms with van der Waals surface area (Å²) in [5, 5.41) is 2.79. The molecule has 3 aromatic rings. The fourth-order valence-corrected chi connectivity index (χ4v) is 3.18. The van der Waals surface area contributed by atoms with Crippen molar-refractivity contribution in [1.82, 2.24) is 19.3 Å². The molecule has 0 bridgehead atoms. The Morgan fingerprint density at radius 2 is 1.94 bits per heavy atom. The number of nitrogens with one attached hydrogen (secondary N) is 2. The van der Waals surface area contributed by atoms with Crippen LogP contribution in [0.5, 0.6) is 11.6 Å². The second-order valence-corrected chi connectivity index (χ2v) is 7.45. The summed E-state index contributed by atoms with van der Waals surface area (Å²) in [5.74, 6) is -4.71. The highest BCUT2D eigenvalue weighted by Gasteiger charge is 2.26. The number of aromatic nitrogens is 3. The van der Waals surface area contributed by atoms with Crippen LogP contribution in [0.15, 0.2) is 36.7 Å². The van der Waals surface area contributed by atoms with Gasteiger partial charge in [-0.25, -0.2) is 23.7 Å². The summed E-state index contributed by atoms with van der Waals surface area (Å²) in [6.45, 7) is 2.04. The molecule has 0 radical (unpaired) electrons. The molecule has 2 N–H and O–H groups in total. The Morgan fingerprint density at radius 1 is 1.16 bits per heavy atom. The van der Waals surface area contributed by atoms with E-state index in [0.717, 1.165) is 0 Å². The maximum Gasteiger partial charge on any atom is 0.228 e. The lowest BCUT2D eigenvalue weighted by Gasteiger charge is -2.19. The van der Waals surface area contributed by atoms with E-state index in [-0.39, 0.29) is 5.88 Å². The summed E-state index contributed by atoms with van der Waals surface area (Å²) < 4.78 is 64.4. The quantitative estimate of drug-likeness (QED) is 0.394. The molecule has 8 nitrogen and oxygen atoms in total. The monoisotopic (exact) mass is 452 g/mol.